The monoisotopic (exact) mass is 189 g/mol. The number of nitriles is 1. The zero-order valence-electron chi connectivity index (χ0n) is 7.73. The molecule has 4 heteroatoms. The van der Waals surface area contributed by atoms with Gasteiger partial charge in [0.25, 0.3) is 0 Å². The van der Waals surface area contributed by atoms with Crippen LogP contribution in [0.5, 0.6) is 5.88 Å². The van der Waals surface area contributed by atoms with E-state index in [0.717, 1.165) is 19.5 Å². The lowest BCUT2D eigenvalue weighted by Crippen LogP contribution is -2.20. The summed E-state index contributed by atoms with van der Waals surface area (Å²) in [5.41, 5.74) is 0.499. The van der Waals surface area contributed by atoms with Crippen LogP contribution in [0.4, 0.5) is 0 Å². The summed E-state index contributed by atoms with van der Waals surface area (Å²) in [6.07, 6.45) is 2.76. The largest absolute Gasteiger partial charge is 0.472 e. The second-order valence-electron chi connectivity index (χ2n) is 3.20. The van der Waals surface area contributed by atoms with Crippen molar-refractivity contribution in [1.82, 2.24) is 10.3 Å². The van der Waals surface area contributed by atoms with Gasteiger partial charge < -0.3 is 10.1 Å². The Balaban J connectivity index is 2.11. The van der Waals surface area contributed by atoms with Crippen LogP contribution >= 0.6 is 0 Å². The molecule has 4 nitrogen and oxygen atoms in total. The molecule has 1 aliphatic rings. The molecule has 1 fully saturated rings. The molecule has 1 aromatic rings. The molecule has 0 aliphatic carbocycles. The van der Waals surface area contributed by atoms with E-state index in [0.29, 0.717) is 11.4 Å². The zero-order chi connectivity index (χ0) is 9.80. The number of hydrogen-bond donors (Lipinski definition) is 1. The Kier molecular flexibility index (Phi) is 2.61. The summed E-state index contributed by atoms with van der Waals surface area (Å²) in [7, 11) is 0. The number of nitrogens with zero attached hydrogens (tertiary/aromatic N) is 2. The molecule has 2 heterocycles. The van der Waals surface area contributed by atoms with Gasteiger partial charge in [-0.1, -0.05) is 0 Å². The van der Waals surface area contributed by atoms with Gasteiger partial charge in [-0.05, 0) is 25.1 Å². The number of aromatic nitrogens is 1. The molecule has 0 bridgehead atoms. The van der Waals surface area contributed by atoms with Crippen molar-refractivity contribution in [1.29, 1.82) is 5.26 Å². The third-order valence-electron chi connectivity index (χ3n) is 2.19. The third-order valence-corrected chi connectivity index (χ3v) is 2.19. The first kappa shape index (κ1) is 8.97. The number of rotatable bonds is 2. The van der Waals surface area contributed by atoms with Gasteiger partial charge in [-0.15, -0.1) is 0 Å². The first-order valence-corrected chi connectivity index (χ1v) is 4.62. The van der Waals surface area contributed by atoms with Crippen LogP contribution in [0.3, 0.4) is 0 Å². The number of pyridine rings is 1. The predicted octanol–water partition coefficient (Wildman–Crippen LogP) is 0.694. The van der Waals surface area contributed by atoms with Gasteiger partial charge >= 0.3 is 0 Å². The maximum Gasteiger partial charge on any atom is 0.231 e. The van der Waals surface area contributed by atoms with Crippen molar-refractivity contribution in [2.75, 3.05) is 13.1 Å². The van der Waals surface area contributed by atoms with Crippen molar-refractivity contribution >= 4 is 0 Å². The van der Waals surface area contributed by atoms with Crippen LogP contribution in [0, 0.1) is 11.3 Å². The molecule has 0 saturated carbocycles. The van der Waals surface area contributed by atoms with Gasteiger partial charge in [0.05, 0.1) is 0 Å². The highest BCUT2D eigenvalue weighted by molar-refractivity contribution is 5.37. The maximum atomic E-state index is 8.81. The average molecular weight is 189 g/mol. The van der Waals surface area contributed by atoms with Crippen LogP contribution in [0.1, 0.15) is 12.0 Å². The minimum absolute atomic E-state index is 0.150. The van der Waals surface area contributed by atoms with Gasteiger partial charge in [0, 0.05) is 12.7 Å². The Labute approximate surface area is 82.5 Å². The standard InChI is InChI=1S/C10H11N3O/c11-6-8-2-1-4-13-10(8)14-9-3-5-12-7-9/h1-2,4,9,12H,3,5,7H2. The molecule has 1 N–H and O–H groups in total. The van der Waals surface area contributed by atoms with Crippen LogP contribution in [0.25, 0.3) is 0 Å². The van der Waals surface area contributed by atoms with Crippen molar-refractivity contribution in [2.24, 2.45) is 0 Å². The second kappa shape index (κ2) is 4.07. The maximum absolute atomic E-state index is 8.81. The van der Waals surface area contributed by atoms with E-state index in [1.54, 1.807) is 18.3 Å². The highest BCUT2D eigenvalue weighted by atomic mass is 16.5. The smallest absolute Gasteiger partial charge is 0.231 e. The minimum atomic E-state index is 0.150. The van der Waals surface area contributed by atoms with E-state index < -0.39 is 0 Å². The highest BCUT2D eigenvalue weighted by Crippen LogP contribution is 2.16. The lowest BCUT2D eigenvalue weighted by atomic mass is 10.3. The highest BCUT2D eigenvalue weighted by Gasteiger charge is 2.17. The first-order chi connectivity index (χ1) is 6.90. The van der Waals surface area contributed by atoms with Crippen LogP contribution < -0.4 is 10.1 Å². The summed E-state index contributed by atoms with van der Waals surface area (Å²) < 4.78 is 5.60. The zero-order valence-corrected chi connectivity index (χ0v) is 7.73. The molecule has 0 radical (unpaired) electrons. The Hall–Kier alpha value is -1.60. The fourth-order valence-electron chi connectivity index (χ4n) is 1.46. The average Bonchev–Trinajstić information content (AvgIpc) is 2.71. The Bertz CT molecular complexity index is 353. The van der Waals surface area contributed by atoms with E-state index in [1.807, 2.05) is 0 Å². The van der Waals surface area contributed by atoms with Crippen molar-refractivity contribution in [3.8, 4) is 11.9 Å². The molecule has 2 rings (SSSR count). The van der Waals surface area contributed by atoms with E-state index >= 15 is 0 Å². The molecule has 0 amide bonds. The van der Waals surface area contributed by atoms with E-state index in [-0.39, 0.29) is 6.10 Å². The molecule has 1 aromatic heterocycles. The van der Waals surface area contributed by atoms with Crippen LogP contribution in [0.15, 0.2) is 18.3 Å². The van der Waals surface area contributed by atoms with Crippen molar-refractivity contribution in [3.63, 3.8) is 0 Å². The predicted molar refractivity (Wildman–Crippen MR) is 50.9 cm³/mol. The third kappa shape index (κ3) is 1.83. The summed E-state index contributed by atoms with van der Waals surface area (Å²) in [5.74, 6) is 0.448. The van der Waals surface area contributed by atoms with E-state index in [4.69, 9.17) is 10.00 Å². The Morgan fingerprint density at radius 3 is 3.29 bits per heavy atom. The molecular weight excluding hydrogens is 178 g/mol. The van der Waals surface area contributed by atoms with Crippen LogP contribution in [-0.4, -0.2) is 24.2 Å². The normalized spacial score (nSPS) is 20.4. The lowest BCUT2D eigenvalue weighted by molar-refractivity contribution is 0.213. The van der Waals surface area contributed by atoms with Crippen LogP contribution in [0.2, 0.25) is 0 Å². The molecule has 1 aliphatic heterocycles. The summed E-state index contributed by atoms with van der Waals surface area (Å²) in [5, 5.41) is 12.0. The molecule has 1 atom stereocenters. The number of nitrogens with one attached hydrogen (secondary N) is 1. The number of ether oxygens (including phenoxy) is 1. The molecule has 14 heavy (non-hydrogen) atoms. The molecule has 1 unspecified atom stereocenters. The topological polar surface area (TPSA) is 57.9 Å². The van der Waals surface area contributed by atoms with Gasteiger partial charge in [0.15, 0.2) is 0 Å². The molecule has 0 aromatic carbocycles. The summed E-state index contributed by atoms with van der Waals surface area (Å²) in [6, 6.07) is 5.51. The molecule has 0 spiro atoms. The minimum Gasteiger partial charge on any atom is -0.472 e. The van der Waals surface area contributed by atoms with Crippen molar-refractivity contribution in [3.05, 3.63) is 23.9 Å². The summed E-state index contributed by atoms with van der Waals surface area (Å²) >= 11 is 0. The van der Waals surface area contributed by atoms with Gasteiger partial charge in [-0.25, -0.2) is 4.98 Å². The summed E-state index contributed by atoms with van der Waals surface area (Å²) in [4.78, 5) is 4.04. The molecule has 1 saturated heterocycles. The lowest BCUT2D eigenvalue weighted by Gasteiger charge is -2.11. The van der Waals surface area contributed by atoms with E-state index in [2.05, 4.69) is 16.4 Å². The van der Waals surface area contributed by atoms with Crippen molar-refractivity contribution in [2.45, 2.75) is 12.5 Å². The van der Waals surface area contributed by atoms with Gasteiger partial charge in [0.2, 0.25) is 5.88 Å². The van der Waals surface area contributed by atoms with Crippen molar-refractivity contribution < 1.29 is 4.74 Å². The SMILES string of the molecule is N#Cc1cccnc1OC1CCNC1. The van der Waals surface area contributed by atoms with Gasteiger partial charge in [0.1, 0.15) is 17.7 Å². The van der Waals surface area contributed by atoms with Gasteiger partial charge in [-0.2, -0.15) is 5.26 Å². The fourth-order valence-corrected chi connectivity index (χ4v) is 1.46. The Morgan fingerprint density at radius 1 is 1.64 bits per heavy atom. The first-order valence-electron chi connectivity index (χ1n) is 4.62. The Morgan fingerprint density at radius 2 is 2.57 bits per heavy atom. The second-order valence-corrected chi connectivity index (χ2v) is 3.20. The quantitative estimate of drug-likeness (QED) is 0.743. The van der Waals surface area contributed by atoms with E-state index in [1.165, 1.54) is 0 Å². The van der Waals surface area contributed by atoms with Gasteiger partial charge in [-0.3, -0.25) is 0 Å². The molecular formula is C10H11N3O. The fraction of sp³-hybridized carbons (Fsp3) is 0.400. The summed E-state index contributed by atoms with van der Waals surface area (Å²) in [6.45, 7) is 1.81. The van der Waals surface area contributed by atoms with Crippen LogP contribution in [-0.2, 0) is 0 Å². The molecule has 72 valence electrons. The number of hydrogen-bond acceptors (Lipinski definition) is 4. The van der Waals surface area contributed by atoms with E-state index in [9.17, 15) is 0 Å².